The largest absolute Gasteiger partial charge is 0.480 e. The molecule has 0 unspecified atom stereocenters. The minimum absolute atomic E-state index is 0.144. The number of aromatic nitrogens is 1. The van der Waals surface area contributed by atoms with E-state index in [-0.39, 0.29) is 17.5 Å². The zero-order valence-electron chi connectivity index (χ0n) is 13.1. The summed E-state index contributed by atoms with van der Waals surface area (Å²) < 4.78 is 13.7. The number of hydrogen-bond donors (Lipinski definition) is 2. The van der Waals surface area contributed by atoms with E-state index in [9.17, 15) is 19.1 Å². The van der Waals surface area contributed by atoms with Crippen LogP contribution in [-0.2, 0) is 11.2 Å². The lowest BCUT2D eigenvalue weighted by molar-refractivity contribution is -0.139. The second kappa shape index (κ2) is 7.09. The van der Waals surface area contributed by atoms with Crippen LogP contribution in [0, 0.1) is 5.82 Å². The van der Waals surface area contributed by atoms with Crippen molar-refractivity contribution in [3.8, 4) is 0 Å². The van der Waals surface area contributed by atoms with Crippen molar-refractivity contribution in [3.05, 3.63) is 77.7 Å². The Bertz CT molecular complexity index is 943. The molecule has 0 aliphatic rings. The molecule has 0 saturated carbocycles. The molecule has 2 N–H and O–H groups in total. The molecule has 126 valence electrons. The minimum atomic E-state index is -1.24. The molecule has 3 aromatic rings. The zero-order chi connectivity index (χ0) is 17.8. The zero-order valence-corrected chi connectivity index (χ0v) is 13.1. The van der Waals surface area contributed by atoms with Gasteiger partial charge in [0.1, 0.15) is 11.9 Å². The first-order chi connectivity index (χ1) is 12.0. The summed E-state index contributed by atoms with van der Waals surface area (Å²) in [7, 11) is 0. The van der Waals surface area contributed by atoms with Gasteiger partial charge in [-0.2, -0.15) is 0 Å². The lowest BCUT2D eigenvalue weighted by atomic mass is 10.0. The van der Waals surface area contributed by atoms with E-state index >= 15 is 0 Å². The van der Waals surface area contributed by atoms with Crippen LogP contribution in [0.15, 0.2) is 60.8 Å². The Labute approximate surface area is 143 Å². The molecular weight excluding hydrogens is 323 g/mol. The van der Waals surface area contributed by atoms with Gasteiger partial charge in [-0.05, 0) is 23.8 Å². The molecule has 0 saturated heterocycles. The number of halogens is 1. The van der Waals surface area contributed by atoms with Gasteiger partial charge in [0.05, 0.1) is 11.1 Å². The van der Waals surface area contributed by atoms with E-state index in [2.05, 4.69) is 10.3 Å². The van der Waals surface area contributed by atoms with Gasteiger partial charge in [0.2, 0.25) is 0 Å². The number of fused-ring (bicyclic) bond motifs is 1. The molecule has 3 rings (SSSR count). The van der Waals surface area contributed by atoms with Gasteiger partial charge in [0.15, 0.2) is 0 Å². The van der Waals surface area contributed by atoms with Crippen molar-refractivity contribution in [2.75, 3.05) is 0 Å². The molecule has 0 aliphatic carbocycles. The normalized spacial score (nSPS) is 11.9. The number of amides is 1. The van der Waals surface area contributed by atoms with Crippen molar-refractivity contribution >= 4 is 22.8 Å². The smallest absolute Gasteiger partial charge is 0.326 e. The fraction of sp³-hybridized carbons (Fsp3) is 0.105. The standard InChI is InChI=1S/C19H15FN2O3/c20-15-7-3-1-5-12(15)10-17(19(24)25)22-18(23)14-9-13-6-2-4-8-16(13)21-11-14/h1-9,11,17H,10H2,(H,22,23)(H,24,25)/t17-/m1/s1. The minimum Gasteiger partial charge on any atom is -0.480 e. The summed E-state index contributed by atoms with van der Waals surface area (Å²) >= 11 is 0. The molecule has 5 nitrogen and oxygen atoms in total. The predicted molar refractivity (Wildman–Crippen MR) is 90.7 cm³/mol. The van der Waals surface area contributed by atoms with Crippen LogP contribution in [0.4, 0.5) is 4.39 Å². The number of carboxylic acids is 1. The second-order valence-corrected chi connectivity index (χ2v) is 5.58. The van der Waals surface area contributed by atoms with E-state index in [0.717, 1.165) is 10.9 Å². The van der Waals surface area contributed by atoms with Crippen LogP contribution in [0.1, 0.15) is 15.9 Å². The quantitative estimate of drug-likeness (QED) is 0.750. The number of aliphatic carboxylic acids is 1. The molecule has 1 heterocycles. The molecule has 2 aromatic carbocycles. The number of benzene rings is 2. The highest BCUT2D eigenvalue weighted by atomic mass is 19.1. The van der Waals surface area contributed by atoms with Crippen LogP contribution >= 0.6 is 0 Å². The highest BCUT2D eigenvalue weighted by Gasteiger charge is 2.22. The summed E-state index contributed by atoms with van der Waals surface area (Å²) in [6.45, 7) is 0. The SMILES string of the molecule is O=C(N[C@H](Cc1ccccc1F)C(=O)O)c1cnc2ccccc2c1. The predicted octanol–water partition coefficient (Wildman–Crippen LogP) is 2.80. The first kappa shape index (κ1) is 16.6. The summed E-state index contributed by atoms with van der Waals surface area (Å²) in [5.41, 5.74) is 1.21. The Morgan fingerprint density at radius 3 is 2.60 bits per heavy atom. The van der Waals surface area contributed by atoms with Gasteiger partial charge in [-0.15, -0.1) is 0 Å². The number of hydrogen-bond acceptors (Lipinski definition) is 3. The third-order valence-electron chi connectivity index (χ3n) is 3.84. The first-order valence-corrected chi connectivity index (χ1v) is 7.66. The third-order valence-corrected chi connectivity index (χ3v) is 3.84. The lowest BCUT2D eigenvalue weighted by Gasteiger charge is -2.15. The molecule has 0 radical (unpaired) electrons. The molecular formula is C19H15FN2O3. The average molecular weight is 338 g/mol. The molecule has 1 atom stereocenters. The molecule has 0 spiro atoms. The van der Waals surface area contributed by atoms with Crippen LogP contribution < -0.4 is 5.32 Å². The van der Waals surface area contributed by atoms with Crippen molar-refractivity contribution < 1.29 is 19.1 Å². The Morgan fingerprint density at radius 2 is 1.84 bits per heavy atom. The van der Waals surface area contributed by atoms with Crippen molar-refractivity contribution in [2.24, 2.45) is 0 Å². The number of carboxylic acid groups (broad SMARTS) is 1. The summed E-state index contributed by atoms with van der Waals surface area (Å²) in [5.74, 6) is -2.30. The van der Waals surface area contributed by atoms with E-state index in [1.54, 1.807) is 12.1 Å². The van der Waals surface area contributed by atoms with E-state index in [0.29, 0.717) is 0 Å². The molecule has 0 bridgehead atoms. The van der Waals surface area contributed by atoms with Crippen LogP contribution in [-0.4, -0.2) is 28.0 Å². The van der Waals surface area contributed by atoms with E-state index in [1.807, 2.05) is 24.3 Å². The number of nitrogens with one attached hydrogen (secondary N) is 1. The topological polar surface area (TPSA) is 79.3 Å². The van der Waals surface area contributed by atoms with Crippen molar-refractivity contribution in [2.45, 2.75) is 12.5 Å². The average Bonchev–Trinajstić information content (AvgIpc) is 2.62. The summed E-state index contributed by atoms with van der Waals surface area (Å²) in [6, 6.07) is 13.6. The molecule has 1 aromatic heterocycles. The number of rotatable bonds is 5. The molecule has 25 heavy (non-hydrogen) atoms. The van der Waals surface area contributed by atoms with Gasteiger partial charge in [0, 0.05) is 18.0 Å². The van der Waals surface area contributed by atoms with Gasteiger partial charge in [-0.1, -0.05) is 36.4 Å². The van der Waals surface area contributed by atoms with E-state index in [4.69, 9.17) is 0 Å². The maximum atomic E-state index is 13.7. The Hall–Kier alpha value is -3.28. The van der Waals surface area contributed by atoms with E-state index in [1.165, 1.54) is 24.4 Å². The monoisotopic (exact) mass is 338 g/mol. The van der Waals surface area contributed by atoms with Gasteiger partial charge < -0.3 is 10.4 Å². The van der Waals surface area contributed by atoms with Gasteiger partial charge in [-0.25, -0.2) is 9.18 Å². The molecule has 0 aliphatic heterocycles. The van der Waals surface area contributed by atoms with Crippen molar-refractivity contribution in [1.82, 2.24) is 10.3 Å². The highest BCUT2D eigenvalue weighted by Crippen LogP contribution is 2.14. The summed E-state index contributed by atoms with van der Waals surface area (Å²) in [6.07, 6.45) is 1.24. The fourth-order valence-corrected chi connectivity index (χ4v) is 2.52. The van der Waals surface area contributed by atoms with Gasteiger partial charge >= 0.3 is 5.97 Å². The Balaban J connectivity index is 1.80. The highest BCUT2D eigenvalue weighted by molar-refractivity contribution is 5.99. The Kier molecular flexibility index (Phi) is 4.70. The van der Waals surface area contributed by atoms with Gasteiger partial charge in [0.25, 0.3) is 5.91 Å². The lowest BCUT2D eigenvalue weighted by Crippen LogP contribution is -2.42. The van der Waals surface area contributed by atoms with Gasteiger partial charge in [-0.3, -0.25) is 9.78 Å². The number of carbonyl (C=O) groups excluding carboxylic acids is 1. The third kappa shape index (κ3) is 3.80. The van der Waals surface area contributed by atoms with Crippen molar-refractivity contribution in [3.63, 3.8) is 0 Å². The Morgan fingerprint density at radius 1 is 1.12 bits per heavy atom. The fourth-order valence-electron chi connectivity index (χ4n) is 2.52. The molecule has 1 amide bonds. The number of nitrogens with zero attached hydrogens (tertiary/aromatic N) is 1. The molecule has 0 fully saturated rings. The summed E-state index contributed by atoms with van der Waals surface area (Å²) in [5, 5.41) is 12.5. The first-order valence-electron chi connectivity index (χ1n) is 7.66. The number of para-hydroxylation sites is 1. The van der Waals surface area contributed by atoms with Crippen LogP contribution in [0.3, 0.4) is 0 Å². The van der Waals surface area contributed by atoms with Crippen molar-refractivity contribution in [1.29, 1.82) is 0 Å². The number of pyridine rings is 1. The van der Waals surface area contributed by atoms with Crippen LogP contribution in [0.25, 0.3) is 10.9 Å². The number of carbonyl (C=O) groups is 2. The maximum absolute atomic E-state index is 13.7. The van der Waals surface area contributed by atoms with Crippen LogP contribution in [0.5, 0.6) is 0 Å². The summed E-state index contributed by atoms with van der Waals surface area (Å²) in [4.78, 5) is 28.0. The van der Waals surface area contributed by atoms with Crippen LogP contribution in [0.2, 0.25) is 0 Å². The second-order valence-electron chi connectivity index (χ2n) is 5.58. The maximum Gasteiger partial charge on any atom is 0.326 e. The van der Waals surface area contributed by atoms with E-state index < -0.39 is 23.7 Å². The molecule has 6 heteroatoms.